The fraction of sp³-hybridized carbons (Fsp3) is 0.0400. The van der Waals surface area contributed by atoms with E-state index in [0.29, 0.717) is 35.0 Å². The lowest BCUT2D eigenvalue weighted by Gasteiger charge is -2.09. The van der Waals surface area contributed by atoms with Crippen LogP contribution in [0.5, 0.6) is 0 Å². The highest BCUT2D eigenvalue weighted by Crippen LogP contribution is 2.21. The number of nitrogens with zero attached hydrogens (tertiary/aromatic N) is 4. The Kier molecular flexibility index (Phi) is 6.00. The van der Waals surface area contributed by atoms with E-state index in [-0.39, 0.29) is 17.5 Å². The zero-order valence-electron chi connectivity index (χ0n) is 18.2. The van der Waals surface area contributed by atoms with Crippen molar-refractivity contribution in [2.45, 2.75) is 6.54 Å². The zero-order chi connectivity index (χ0) is 24.2. The highest BCUT2D eigenvalue weighted by molar-refractivity contribution is 5.99. The van der Waals surface area contributed by atoms with Crippen molar-refractivity contribution in [3.63, 3.8) is 0 Å². The Balaban J connectivity index is 1.19. The van der Waals surface area contributed by atoms with Crippen molar-refractivity contribution < 1.29 is 18.1 Å². The number of rotatable bonds is 6. The number of carbonyl (C=O) groups is 1. The molecule has 0 aliphatic rings. The maximum absolute atomic E-state index is 13.1. The summed E-state index contributed by atoms with van der Waals surface area (Å²) in [5.74, 6) is -0.104. The zero-order valence-corrected chi connectivity index (χ0v) is 18.2. The van der Waals surface area contributed by atoms with Gasteiger partial charge in [-0.15, -0.1) is 0 Å². The van der Waals surface area contributed by atoms with Crippen LogP contribution in [0.15, 0.2) is 89.8 Å². The van der Waals surface area contributed by atoms with Gasteiger partial charge in [0.25, 0.3) is 5.89 Å². The Morgan fingerprint density at radius 1 is 0.857 bits per heavy atom. The van der Waals surface area contributed by atoms with Gasteiger partial charge >= 0.3 is 6.03 Å². The summed E-state index contributed by atoms with van der Waals surface area (Å²) >= 11 is 0. The van der Waals surface area contributed by atoms with E-state index in [1.807, 2.05) is 16.7 Å². The first-order valence-corrected chi connectivity index (χ1v) is 10.6. The van der Waals surface area contributed by atoms with Crippen molar-refractivity contribution in [3.8, 4) is 23.0 Å². The van der Waals surface area contributed by atoms with Crippen LogP contribution in [0.25, 0.3) is 23.0 Å². The first kappa shape index (κ1) is 22.0. The molecular formula is C25H18F2N6O2. The predicted molar refractivity (Wildman–Crippen MR) is 125 cm³/mol. The van der Waals surface area contributed by atoms with Crippen LogP contribution in [-0.2, 0) is 6.54 Å². The molecule has 8 nitrogen and oxygen atoms in total. The summed E-state index contributed by atoms with van der Waals surface area (Å²) in [5.41, 5.74) is 3.24. The van der Waals surface area contributed by atoms with Crippen molar-refractivity contribution in [2.24, 2.45) is 0 Å². The van der Waals surface area contributed by atoms with Gasteiger partial charge in [0.15, 0.2) is 0 Å². The minimum atomic E-state index is -0.428. The molecule has 2 amide bonds. The Morgan fingerprint density at radius 2 is 1.46 bits per heavy atom. The van der Waals surface area contributed by atoms with Crippen molar-refractivity contribution in [1.29, 1.82) is 0 Å². The number of halogens is 2. The molecule has 5 rings (SSSR count). The van der Waals surface area contributed by atoms with E-state index in [2.05, 4.69) is 25.8 Å². The summed E-state index contributed by atoms with van der Waals surface area (Å²) in [7, 11) is 0. The highest BCUT2D eigenvalue weighted by atomic mass is 19.1. The fourth-order valence-electron chi connectivity index (χ4n) is 3.33. The number of amides is 2. The molecule has 0 fully saturated rings. The monoisotopic (exact) mass is 472 g/mol. The van der Waals surface area contributed by atoms with Crippen LogP contribution in [0.1, 0.15) is 5.56 Å². The van der Waals surface area contributed by atoms with Crippen molar-refractivity contribution in [2.75, 3.05) is 10.6 Å². The minimum Gasteiger partial charge on any atom is -0.332 e. The predicted octanol–water partition coefficient (Wildman–Crippen LogP) is 5.57. The van der Waals surface area contributed by atoms with Gasteiger partial charge in [-0.1, -0.05) is 17.3 Å². The van der Waals surface area contributed by atoms with Gasteiger partial charge in [0.05, 0.1) is 6.33 Å². The number of urea groups is 1. The van der Waals surface area contributed by atoms with E-state index in [9.17, 15) is 13.6 Å². The van der Waals surface area contributed by atoms with Crippen molar-refractivity contribution >= 4 is 17.4 Å². The lowest BCUT2D eigenvalue weighted by atomic mass is 10.2. The molecule has 174 valence electrons. The molecule has 0 bridgehead atoms. The van der Waals surface area contributed by atoms with E-state index in [1.54, 1.807) is 36.8 Å². The number of carbonyl (C=O) groups excluding carboxylic acids is 1. The van der Waals surface area contributed by atoms with Crippen LogP contribution in [0, 0.1) is 11.6 Å². The quantitative estimate of drug-likeness (QED) is 0.337. The molecule has 2 N–H and O–H groups in total. The maximum atomic E-state index is 13.1. The molecule has 0 unspecified atom stereocenters. The lowest BCUT2D eigenvalue weighted by molar-refractivity contribution is 0.262. The van der Waals surface area contributed by atoms with Gasteiger partial charge in [-0.3, -0.25) is 0 Å². The third kappa shape index (κ3) is 5.38. The topological polar surface area (TPSA) is 97.9 Å². The molecule has 2 heterocycles. The number of aromatic nitrogens is 4. The minimum absolute atomic E-state index is 0.259. The molecule has 0 aliphatic carbocycles. The molecule has 0 spiro atoms. The van der Waals surface area contributed by atoms with Gasteiger partial charge in [0.2, 0.25) is 5.82 Å². The van der Waals surface area contributed by atoms with E-state index >= 15 is 0 Å². The average molecular weight is 472 g/mol. The molecule has 3 aromatic carbocycles. The summed E-state index contributed by atoms with van der Waals surface area (Å²) in [5, 5.41) is 9.30. The largest absolute Gasteiger partial charge is 0.332 e. The Bertz CT molecular complexity index is 1440. The molecule has 2 aromatic heterocycles. The number of benzene rings is 3. The van der Waals surface area contributed by atoms with Crippen LogP contribution in [0.3, 0.4) is 0 Å². The fourth-order valence-corrected chi connectivity index (χ4v) is 3.33. The first-order chi connectivity index (χ1) is 17.0. The van der Waals surface area contributed by atoms with E-state index < -0.39 is 6.03 Å². The van der Waals surface area contributed by atoms with Crippen LogP contribution in [0.4, 0.5) is 25.0 Å². The van der Waals surface area contributed by atoms with Crippen LogP contribution >= 0.6 is 0 Å². The van der Waals surface area contributed by atoms with Gasteiger partial charge in [-0.2, -0.15) is 4.98 Å². The SMILES string of the molecule is O=C(Nc1ccc(F)cc1)Nc1ccc(Cn2cnc(-c3nc(-c4ccc(F)cc4)no3)c2)cc1. The Labute approximate surface area is 198 Å². The van der Waals surface area contributed by atoms with Crippen LogP contribution in [0.2, 0.25) is 0 Å². The summed E-state index contributed by atoms with van der Waals surface area (Å²) in [6.45, 7) is 0.536. The van der Waals surface area contributed by atoms with Gasteiger partial charge in [0.1, 0.15) is 17.3 Å². The summed E-state index contributed by atoms with van der Waals surface area (Å²) in [4.78, 5) is 20.8. The van der Waals surface area contributed by atoms with E-state index in [1.165, 1.54) is 36.4 Å². The molecule has 0 aliphatic heterocycles. The normalized spacial score (nSPS) is 10.8. The third-order valence-corrected chi connectivity index (χ3v) is 5.06. The van der Waals surface area contributed by atoms with E-state index in [0.717, 1.165) is 5.56 Å². The number of hydrogen-bond acceptors (Lipinski definition) is 5. The first-order valence-electron chi connectivity index (χ1n) is 10.6. The molecular weight excluding hydrogens is 454 g/mol. The number of nitrogens with one attached hydrogen (secondary N) is 2. The number of hydrogen-bond donors (Lipinski definition) is 2. The molecule has 0 atom stereocenters. The second-order valence-electron chi connectivity index (χ2n) is 7.64. The van der Waals surface area contributed by atoms with E-state index in [4.69, 9.17) is 4.52 Å². The molecule has 5 aromatic rings. The Hall–Kier alpha value is -4.86. The lowest BCUT2D eigenvalue weighted by Crippen LogP contribution is -2.19. The second-order valence-corrected chi connectivity index (χ2v) is 7.64. The number of imidazole rings is 1. The van der Waals surface area contributed by atoms with Crippen molar-refractivity contribution in [1.82, 2.24) is 19.7 Å². The van der Waals surface area contributed by atoms with Crippen LogP contribution in [-0.4, -0.2) is 25.7 Å². The highest BCUT2D eigenvalue weighted by Gasteiger charge is 2.13. The third-order valence-electron chi connectivity index (χ3n) is 5.06. The Morgan fingerprint density at radius 3 is 2.11 bits per heavy atom. The van der Waals surface area contributed by atoms with Gasteiger partial charge in [-0.05, 0) is 66.2 Å². The van der Waals surface area contributed by atoms with Gasteiger partial charge in [-0.25, -0.2) is 18.6 Å². The summed E-state index contributed by atoms with van der Waals surface area (Å²) < 4.78 is 33.3. The van der Waals surface area contributed by atoms with Crippen LogP contribution < -0.4 is 10.6 Å². The molecule has 0 radical (unpaired) electrons. The van der Waals surface area contributed by atoms with Gasteiger partial charge < -0.3 is 19.7 Å². The number of anilines is 2. The molecule has 0 saturated carbocycles. The smallest absolute Gasteiger partial charge is 0.323 e. The molecule has 0 saturated heterocycles. The summed E-state index contributed by atoms with van der Waals surface area (Å²) in [6, 6.07) is 18.2. The summed E-state index contributed by atoms with van der Waals surface area (Å²) in [6.07, 6.45) is 3.43. The van der Waals surface area contributed by atoms with Gasteiger partial charge in [0, 0.05) is 29.7 Å². The molecule has 10 heteroatoms. The average Bonchev–Trinajstić information content (AvgIpc) is 3.52. The maximum Gasteiger partial charge on any atom is 0.323 e. The second kappa shape index (κ2) is 9.56. The standard InChI is InChI=1S/C25H18F2N6O2/c26-18-5-3-17(4-6-18)23-31-24(35-32-23)22-14-33(15-28-22)13-16-1-9-20(10-2-16)29-25(34)30-21-11-7-19(27)8-12-21/h1-12,14-15H,13H2,(H2,29,30,34). The molecule has 35 heavy (non-hydrogen) atoms. The van der Waals surface area contributed by atoms with Crippen molar-refractivity contribution in [3.05, 3.63) is 103 Å².